The summed E-state index contributed by atoms with van der Waals surface area (Å²) in [7, 11) is 1.13. The van der Waals surface area contributed by atoms with Crippen molar-refractivity contribution in [3.63, 3.8) is 0 Å². The van der Waals surface area contributed by atoms with Gasteiger partial charge in [0.15, 0.2) is 5.54 Å². The Morgan fingerprint density at radius 1 is 1.38 bits per heavy atom. The predicted molar refractivity (Wildman–Crippen MR) is 48.3 cm³/mol. The molecule has 0 heterocycles. The highest BCUT2D eigenvalue weighted by Crippen LogP contribution is 2.27. The van der Waals surface area contributed by atoms with Crippen molar-refractivity contribution in [1.29, 1.82) is 0 Å². The third kappa shape index (κ3) is 3.69. The molecule has 0 aliphatic heterocycles. The molecule has 8 heteroatoms. The minimum absolute atomic E-state index is 0.212. The molecule has 0 fully saturated rings. The summed E-state index contributed by atoms with van der Waals surface area (Å²) in [5.41, 5.74) is 1.86. The van der Waals surface area contributed by atoms with Gasteiger partial charge in [0.2, 0.25) is 5.91 Å². The lowest BCUT2D eigenvalue weighted by atomic mass is 10.0. The molecule has 0 aromatic heterocycles. The van der Waals surface area contributed by atoms with E-state index in [1.54, 1.807) is 0 Å². The van der Waals surface area contributed by atoms with Crippen molar-refractivity contribution < 1.29 is 27.5 Å². The number of alkyl halides is 3. The fourth-order valence-electron chi connectivity index (χ4n) is 0.693. The number of hydrogen-bond acceptors (Lipinski definition) is 4. The highest BCUT2D eigenvalue weighted by molar-refractivity contribution is 5.86. The second-order valence-corrected chi connectivity index (χ2v) is 3.28. The van der Waals surface area contributed by atoms with Crippen LogP contribution in [-0.2, 0) is 14.3 Å². The molecule has 0 spiro atoms. The molecule has 5 nitrogen and oxygen atoms in total. The maximum Gasteiger partial charge on any atom is 0.415 e. The number of carbonyl (C=O) groups excluding carboxylic acids is 2. The minimum atomic E-state index is -4.84. The fraction of sp³-hybridized carbons (Fsp3) is 0.750. The summed E-state index contributed by atoms with van der Waals surface area (Å²) in [5, 5.41) is 1.91. The van der Waals surface area contributed by atoms with E-state index in [4.69, 9.17) is 5.73 Å². The lowest BCUT2D eigenvalue weighted by molar-refractivity contribution is -0.187. The van der Waals surface area contributed by atoms with Crippen LogP contribution in [-0.4, -0.2) is 37.2 Å². The fourth-order valence-corrected chi connectivity index (χ4v) is 0.693. The van der Waals surface area contributed by atoms with Gasteiger partial charge in [0.1, 0.15) is 0 Å². The molecule has 94 valence electrons. The van der Waals surface area contributed by atoms with Crippen molar-refractivity contribution in [3.8, 4) is 0 Å². The SMILES string of the molecule is COC(=O)CCNC(=O)C(C)(N)C(F)(F)F. The Bertz CT molecular complexity index is 276. The molecule has 0 rings (SSSR count). The van der Waals surface area contributed by atoms with Gasteiger partial charge in [0, 0.05) is 6.54 Å². The highest BCUT2D eigenvalue weighted by Gasteiger charge is 2.53. The Labute approximate surface area is 90.1 Å². The van der Waals surface area contributed by atoms with Gasteiger partial charge in [0.25, 0.3) is 0 Å². The normalized spacial score (nSPS) is 15.1. The highest BCUT2D eigenvalue weighted by atomic mass is 19.4. The van der Waals surface area contributed by atoms with Gasteiger partial charge in [-0.2, -0.15) is 13.2 Å². The number of halogens is 3. The summed E-state index contributed by atoms with van der Waals surface area (Å²) in [6.45, 7) is 0.300. The molecule has 0 saturated heterocycles. The Morgan fingerprint density at radius 2 is 1.88 bits per heavy atom. The number of esters is 1. The summed E-state index contributed by atoms with van der Waals surface area (Å²) in [6, 6.07) is 0. The van der Waals surface area contributed by atoms with Crippen LogP contribution in [0.25, 0.3) is 0 Å². The van der Waals surface area contributed by atoms with Crippen LogP contribution in [0.2, 0.25) is 0 Å². The van der Waals surface area contributed by atoms with Crippen molar-refractivity contribution in [1.82, 2.24) is 5.32 Å². The largest absolute Gasteiger partial charge is 0.469 e. The van der Waals surface area contributed by atoms with Gasteiger partial charge in [-0.05, 0) is 6.92 Å². The van der Waals surface area contributed by atoms with Crippen LogP contribution in [0.15, 0.2) is 0 Å². The van der Waals surface area contributed by atoms with Crippen LogP contribution < -0.4 is 11.1 Å². The third-order valence-corrected chi connectivity index (χ3v) is 1.90. The number of carbonyl (C=O) groups is 2. The van der Waals surface area contributed by atoms with Crippen LogP contribution in [0.4, 0.5) is 13.2 Å². The average molecular weight is 242 g/mol. The van der Waals surface area contributed by atoms with Gasteiger partial charge in [-0.25, -0.2) is 0 Å². The van der Waals surface area contributed by atoms with Gasteiger partial charge < -0.3 is 15.8 Å². The first kappa shape index (κ1) is 14.7. The van der Waals surface area contributed by atoms with E-state index in [1.165, 1.54) is 0 Å². The Morgan fingerprint density at radius 3 is 2.25 bits per heavy atom. The van der Waals surface area contributed by atoms with E-state index in [1.807, 2.05) is 5.32 Å². The van der Waals surface area contributed by atoms with Gasteiger partial charge in [-0.3, -0.25) is 9.59 Å². The number of methoxy groups -OCH3 is 1. The van der Waals surface area contributed by atoms with Gasteiger partial charge in [-0.1, -0.05) is 0 Å². The van der Waals surface area contributed by atoms with Crippen LogP contribution in [0.5, 0.6) is 0 Å². The maximum absolute atomic E-state index is 12.3. The third-order valence-electron chi connectivity index (χ3n) is 1.90. The summed E-state index contributed by atoms with van der Waals surface area (Å²) in [5.74, 6) is -2.02. The van der Waals surface area contributed by atoms with Crippen molar-refractivity contribution in [2.75, 3.05) is 13.7 Å². The minimum Gasteiger partial charge on any atom is -0.469 e. The van der Waals surface area contributed by atoms with E-state index in [0.717, 1.165) is 7.11 Å². The lowest BCUT2D eigenvalue weighted by Crippen LogP contribution is -2.61. The van der Waals surface area contributed by atoms with E-state index in [9.17, 15) is 22.8 Å². The van der Waals surface area contributed by atoms with E-state index in [2.05, 4.69) is 4.74 Å². The summed E-state index contributed by atoms with van der Waals surface area (Å²) < 4.78 is 41.0. The topological polar surface area (TPSA) is 81.4 Å². The smallest absolute Gasteiger partial charge is 0.415 e. The van der Waals surface area contributed by atoms with Gasteiger partial charge in [-0.15, -0.1) is 0 Å². The van der Waals surface area contributed by atoms with Crippen molar-refractivity contribution in [2.24, 2.45) is 5.73 Å². The van der Waals surface area contributed by atoms with Crippen LogP contribution in [0, 0.1) is 0 Å². The zero-order chi connectivity index (χ0) is 13.0. The molecule has 0 aromatic carbocycles. The monoisotopic (exact) mass is 242 g/mol. The van der Waals surface area contributed by atoms with E-state index >= 15 is 0 Å². The number of rotatable bonds is 4. The van der Waals surface area contributed by atoms with Crippen LogP contribution >= 0.6 is 0 Å². The number of nitrogens with one attached hydrogen (secondary N) is 1. The first-order chi connectivity index (χ1) is 7.13. The number of hydrogen-bond donors (Lipinski definition) is 2. The molecule has 1 unspecified atom stereocenters. The quantitative estimate of drug-likeness (QED) is 0.677. The zero-order valence-electron chi connectivity index (χ0n) is 8.85. The predicted octanol–water partition coefficient (Wildman–Crippen LogP) is -0.0546. The van der Waals surface area contributed by atoms with Crippen molar-refractivity contribution in [2.45, 2.75) is 25.1 Å². The average Bonchev–Trinajstić information content (AvgIpc) is 2.15. The van der Waals surface area contributed by atoms with Crippen molar-refractivity contribution in [3.05, 3.63) is 0 Å². The molecule has 1 amide bonds. The summed E-state index contributed by atoms with van der Waals surface area (Å²) >= 11 is 0. The summed E-state index contributed by atoms with van der Waals surface area (Å²) in [6.07, 6.45) is -5.06. The Hall–Kier alpha value is -1.31. The van der Waals surface area contributed by atoms with Crippen LogP contribution in [0.3, 0.4) is 0 Å². The van der Waals surface area contributed by atoms with Gasteiger partial charge in [0.05, 0.1) is 13.5 Å². The maximum atomic E-state index is 12.3. The van der Waals surface area contributed by atoms with E-state index < -0.39 is 23.6 Å². The molecule has 0 radical (unpaired) electrons. The second kappa shape index (κ2) is 5.15. The number of nitrogens with two attached hydrogens (primary N) is 1. The molecule has 0 bridgehead atoms. The molecule has 0 saturated carbocycles. The Balaban J connectivity index is 4.22. The van der Waals surface area contributed by atoms with Crippen LogP contribution in [0.1, 0.15) is 13.3 Å². The van der Waals surface area contributed by atoms with E-state index in [0.29, 0.717) is 6.92 Å². The zero-order valence-corrected chi connectivity index (χ0v) is 8.85. The molecule has 1 atom stereocenters. The van der Waals surface area contributed by atoms with E-state index in [-0.39, 0.29) is 13.0 Å². The first-order valence-electron chi connectivity index (χ1n) is 4.33. The molecule has 0 aliphatic carbocycles. The summed E-state index contributed by atoms with van der Waals surface area (Å²) in [4.78, 5) is 21.7. The molecule has 0 aliphatic rings. The molecule has 3 N–H and O–H groups in total. The lowest BCUT2D eigenvalue weighted by Gasteiger charge is -2.25. The number of ether oxygens (including phenoxy) is 1. The second-order valence-electron chi connectivity index (χ2n) is 3.28. The molecule has 16 heavy (non-hydrogen) atoms. The molecular formula is C8H13F3N2O3. The standard InChI is InChI=1S/C8H13F3N2O3/c1-7(12,8(9,10)11)6(15)13-4-3-5(14)16-2/h3-4,12H2,1-2H3,(H,13,15). The van der Waals surface area contributed by atoms with Gasteiger partial charge >= 0.3 is 12.1 Å². The number of amides is 1. The van der Waals surface area contributed by atoms with Crippen molar-refractivity contribution >= 4 is 11.9 Å². The molecule has 0 aromatic rings. The molecular weight excluding hydrogens is 229 g/mol. The Kier molecular flexibility index (Phi) is 4.73. The first-order valence-corrected chi connectivity index (χ1v) is 4.33.